The molecule has 0 bridgehead atoms. The van der Waals surface area contributed by atoms with Gasteiger partial charge in [-0.15, -0.1) is 0 Å². The normalized spacial score (nSPS) is 26.3. The fourth-order valence-electron chi connectivity index (χ4n) is 3.21. The fourth-order valence-corrected chi connectivity index (χ4v) is 5.18. The van der Waals surface area contributed by atoms with Crippen LogP contribution in [0.25, 0.3) is 5.57 Å². The van der Waals surface area contributed by atoms with E-state index in [0.717, 1.165) is 0 Å². The second-order valence-electron chi connectivity index (χ2n) is 5.88. The minimum absolute atomic E-state index is 0.0536. The summed E-state index contributed by atoms with van der Waals surface area (Å²) < 4.78 is 59.7. The first kappa shape index (κ1) is 16.5. The van der Waals surface area contributed by atoms with E-state index in [1.807, 2.05) is 0 Å². The molecule has 1 aromatic rings. The van der Waals surface area contributed by atoms with Crippen LogP contribution in [-0.4, -0.2) is 43.8 Å². The van der Waals surface area contributed by atoms with Crippen LogP contribution < -0.4 is 0 Å². The van der Waals surface area contributed by atoms with Gasteiger partial charge in [0.1, 0.15) is 16.9 Å². The molecule has 0 radical (unpaired) electrons. The standard InChI is InChI=1S/C16H19F2NO3S/c1-11-15(7-10-22-11)23(20,21)19-8-5-12(6-9-19)16-13(17)3-2-4-14(16)18/h2-5,11,15H,6-10H2,1H3. The average molecular weight is 343 g/mol. The summed E-state index contributed by atoms with van der Waals surface area (Å²) >= 11 is 0. The molecule has 0 N–H and O–H groups in total. The maximum atomic E-state index is 13.8. The molecule has 3 rings (SSSR count). The Kier molecular flexibility index (Phi) is 4.53. The lowest BCUT2D eigenvalue weighted by atomic mass is 9.99. The largest absolute Gasteiger partial charge is 0.377 e. The first-order valence-electron chi connectivity index (χ1n) is 7.65. The highest BCUT2D eigenvalue weighted by molar-refractivity contribution is 7.89. The van der Waals surface area contributed by atoms with Gasteiger partial charge in [-0.3, -0.25) is 0 Å². The topological polar surface area (TPSA) is 46.6 Å². The molecule has 0 aromatic heterocycles. The fraction of sp³-hybridized carbons (Fsp3) is 0.500. The van der Waals surface area contributed by atoms with Gasteiger partial charge in [0.2, 0.25) is 10.0 Å². The van der Waals surface area contributed by atoms with Gasteiger partial charge in [0, 0.05) is 25.3 Å². The molecule has 1 saturated heterocycles. The Morgan fingerprint density at radius 1 is 1.26 bits per heavy atom. The number of ether oxygens (including phenoxy) is 1. The van der Waals surface area contributed by atoms with Crippen LogP contribution >= 0.6 is 0 Å². The van der Waals surface area contributed by atoms with Crippen LogP contribution in [0.3, 0.4) is 0 Å². The summed E-state index contributed by atoms with van der Waals surface area (Å²) in [4.78, 5) is 0. The van der Waals surface area contributed by atoms with Crippen molar-refractivity contribution >= 4 is 15.6 Å². The number of hydrogen-bond donors (Lipinski definition) is 0. The number of sulfonamides is 1. The number of halogens is 2. The predicted octanol–water partition coefficient (Wildman–Crippen LogP) is 2.56. The van der Waals surface area contributed by atoms with E-state index in [1.54, 1.807) is 13.0 Å². The lowest BCUT2D eigenvalue weighted by Gasteiger charge is -2.29. The Hall–Kier alpha value is -1.31. The summed E-state index contributed by atoms with van der Waals surface area (Å²) in [5, 5.41) is -0.539. The van der Waals surface area contributed by atoms with Gasteiger partial charge >= 0.3 is 0 Å². The number of benzene rings is 1. The molecule has 2 unspecified atom stereocenters. The van der Waals surface area contributed by atoms with Crippen LogP contribution in [-0.2, 0) is 14.8 Å². The number of hydrogen-bond acceptors (Lipinski definition) is 3. The minimum atomic E-state index is -3.46. The van der Waals surface area contributed by atoms with Gasteiger partial charge < -0.3 is 4.74 Å². The second kappa shape index (κ2) is 6.30. The molecule has 1 aromatic carbocycles. The van der Waals surface area contributed by atoms with Gasteiger partial charge in [-0.25, -0.2) is 17.2 Å². The Morgan fingerprint density at radius 2 is 1.96 bits per heavy atom. The van der Waals surface area contributed by atoms with E-state index in [-0.39, 0.29) is 24.8 Å². The van der Waals surface area contributed by atoms with Crippen LogP contribution in [0.1, 0.15) is 25.3 Å². The summed E-state index contributed by atoms with van der Waals surface area (Å²) in [6, 6.07) is 3.73. The van der Waals surface area contributed by atoms with Crippen molar-refractivity contribution in [2.45, 2.75) is 31.1 Å². The van der Waals surface area contributed by atoms with Crippen molar-refractivity contribution in [3.63, 3.8) is 0 Å². The van der Waals surface area contributed by atoms with E-state index < -0.39 is 26.9 Å². The molecule has 0 aliphatic carbocycles. The average Bonchev–Trinajstić information content (AvgIpc) is 2.94. The SMILES string of the molecule is CC1OCCC1S(=O)(=O)N1CC=C(c2c(F)cccc2F)CC1. The zero-order valence-electron chi connectivity index (χ0n) is 12.8. The lowest BCUT2D eigenvalue weighted by molar-refractivity contribution is 0.125. The molecular formula is C16H19F2NO3S. The summed E-state index contributed by atoms with van der Waals surface area (Å²) in [6.45, 7) is 2.56. The Labute approximate surface area is 134 Å². The monoisotopic (exact) mass is 343 g/mol. The minimum Gasteiger partial charge on any atom is -0.377 e. The molecule has 2 aliphatic heterocycles. The molecule has 0 spiro atoms. The zero-order valence-corrected chi connectivity index (χ0v) is 13.7. The molecule has 2 aliphatic rings. The zero-order chi connectivity index (χ0) is 16.6. The van der Waals surface area contributed by atoms with E-state index >= 15 is 0 Å². The number of rotatable bonds is 3. The van der Waals surface area contributed by atoms with Crippen molar-refractivity contribution in [2.75, 3.05) is 19.7 Å². The van der Waals surface area contributed by atoms with Crippen LogP contribution in [0, 0.1) is 11.6 Å². The van der Waals surface area contributed by atoms with Gasteiger partial charge in [-0.1, -0.05) is 12.1 Å². The van der Waals surface area contributed by atoms with Crippen molar-refractivity contribution in [3.8, 4) is 0 Å². The Bertz CT molecular complexity index is 713. The van der Waals surface area contributed by atoms with Crippen molar-refractivity contribution < 1.29 is 21.9 Å². The van der Waals surface area contributed by atoms with Crippen LogP contribution in [0.15, 0.2) is 24.3 Å². The summed E-state index contributed by atoms with van der Waals surface area (Å²) in [5.41, 5.74) is 0.463. The van der Waals surface area contributed by atoms with Crippen LogP contribution in [0.5, 0.6) is 0 Å². The van der Waals surface area contributed by atoms with Gasteiger partial charge in [-0.05, 0) is 37.5 Å². The molecular weight excluding hydrogens is 324 g/mol. The van der Waals surface area contributed by atoms with Crippen molar-refractivity contribution in [1.82, 2.24) is 4.31 Å². The van der Waals surface area contributed by atoms with Gasteiger partial charge in [0.05, 0.1) is 6.10 Å². The van der Waals surface area contributed by atoms with Gasteiger partial charge in [0.15, 0.2) is 0 Å². The van der Waals surface area contributed by atoms with Gasteiger partial charge in [-0.2, -0.15) is 4.31 Å². The highest BCUT2D eigenvalue weighted by Crippen LogP contribution is 2.30. The third-order valence-corrected chi connectivity index (χ3v) is 6.94. The van der Waals surface area contributed by atoms with Gasteiger partial charge in [0.25, 0.3) is 0 Å². The molecule has 23 heavy (non-hydrogen) atoms. The van der Waals surface area contributed by atoms with Crippen LogP contribution in [0.2, 0.25) is 0 Å². The van der Waals surface area contributed by atoms with E-state index in [0.29, 0.717) is 25.0 Å². The Balaban J connectivity index is 1.81. The third kappa shape index (κ3) is 3.05. The molecule has 0 saturated carbocycles. The highest BCUT2D eigenvalue weighted by Gasteiger charge is 2.40. The molecule has 7 heteroatoms. The highest BCUT2D eigenvalue weighted by atomic mass is 32.2. The smallest absolute Gasteiger partial charge is 0.219 e. The van der Waals surface area contributed by atoms with E-state index in [4.69, 9.17) is 4.74 Å². The summed E-state index contributed by atoms with van der Waals surface area (Å²) in [7, 11) is -3.46. The Morgan fingerprint density at radius 3 is 2.48 bits per heavy atom. The molecule has 1 fully saturated rings. The maximum Gasteiger partial charge on any atom is 0.219 e. The maximum absolute atomic E-state index is 13.8. The quantitative estimate of drug-likeness (QED) is 0.847. The second-order valence-corrected chi connectivity index (χ2v) is 8.03. The van der Waals surface area contributed by atoms with Crippen LogP contribution in [0.4, 0.5) is 8.78 Å². The molecule has 126 valence electrons. The van der Waals surface area contributed by atoms with E-state index in [1.165, 1.54) is 22.5 Å². The molecule has 0 amide bonds. The van der Waals surface area contributed by atoms with Crippen molar-refractivity contribution in [1.29, 1.82) is 0 Å². The van der Waals surface area contributed by atoms with Crippen molar-refractivity contribution in [3.05, 3.63) is 41.5 Å². The lowest BCUT2D eigenvalue weighted by Crippen LogP contribution is -2.43. The number of nitrogens with zero attached hydrogens (tertiary/aromatic N) is 1. The third-order valence-electron chi connectivity index (χ3n) is 4.50. The first-order chi connectivity index (χ1) is 10.9. The molecule has 2 atom stereocenters. The molecule has 4 nitrogen and oxygen atoms in total. The van der Waals surface area contributed by atoms with Crippen molar-refractivity contribution in [2.24, 2.45) is 0 Å². The summed E-state index contributed by atoms with van der Waals surface area (Å²) in [5.74, 6) is -1.24. The summed E-state index contributed by atoms with van der Waals surface area (Å²) in [6.07, 6.45) is 2.05. The first-order valence-corrected chi connectivity index (χ1v) is 9.15. The van der Waals surface area contributed by atoms with E-state index in [9.17, 15) is 17.2 Å². The molecule has 2 heterocycles. The predicted molar refractivity (Wildman–Crippen MR) is 83.3 cm³/mol. The van der Waals surface area contributed by atoms with E-state index in [2.05, 4.69) is 0 Å².